The van der Waals surface area contributed by atoms with E-state index in [0.717, 1.165) is 23.6 Å². The molecule has 1 N–H and O–H groups in total. The van der Waals surface area contributed by atoms with Gasteiger partial charge >= 0.3 is 0 Å². The zero-order chi connectivity index (χ0) is 10.5. The van der Waals surface area contributed by atoms with Gasteiger partial charge in [-0.2, -0.15) is 0 Å². The first kappa shape index (κ1) is 9.58. The van der Waals surface area contributed by atoms with Crippen LogP contribution in [0.2, 0.25) is 0 Å². The molecule has 76 valence electrons. The Balaban J connectivity index is 2.33. The van der Waals surface area contributed by atoms with Gasteiger partial charge in [0.15, 0.2) is 0 Å². The monoisotopic (exact) mass is 200 g/mol. The van der Waals surface area contributed by atoms with Crippen LogP contribution in [0.15, 0.2) is 36.9 Å². The molecule has 15 heavy (non-hydrogen) atoms. The van der Waals surface area contributed by atoms with Gasteiger partial charge in [-0.15, -0.1) is 0 Å². The summed E-state index contributed by atoms with van der Waals surface area (Å²) in [4.78, 5) is 12.5. The lowest BCUT2D eigenvalue weighted by molar-refractivity contribution is 1.12. The van der Waals surface area contributed by atoms with Crippen LogP contribution in [0.1, 0.15) is 6.92 Å². The van der Waals surface area contributed by atoms with Crippen LogP contribution in [0.25, 0.3) is 11.3 Å². The van der Waals surface area contributed by atoms with Crippen LogP contribution >= 0.6 is 0 Å². The first-order chi connectivity index (χ1) is 7.40. The van der Waals surface area contributed by atoms with E-state index in [1.807, 2.05) is 19.1 Å². The molecule has 0 aliphatic heterocycles. The number of anilines is 1. The highest BCUT2D eigenvalue weighted by Gasteiger charge is 2.00. The summed E-state index contributed by atoms with van der Waals surface area (Å²) in [5, 5.41) is 3.13. The van der Waals surface area contributed by atoms with Gasteiger partial charge in [0.05, 0.1) is 18.1 Å². The van der Waals surface area contributed by atoms with E-state index >= 15 is 0 Å². The largest absolute Gasteiger partial charge is 0.369 e. The lowest BCUT2D eigenvalue weighted by Crippen LogP contribution is -2.00. The molecule has 2 heterocycles. The Bertz CT molecular complexity index is 428. The molecule has 2 rings (SSSR count). The van der Waals surface area contributed by atoms with Gasteiger partial charge in [-0.25, -0.2) is 4.98 Å². The first-order valence-electron chi connectivity index (χ1n) is 4.86. The third-order valence-corrected chi connectivity index (χ3v) is 1.97. The maximum absolute atomic E-state index is 4.43. The summed E-state index contributed by atoms with van der Waals surface area (Å²) in [7, 11) is 0. The molecular formula is C11H12N4. The summed E-state index contributed by atoms with van der Waals surface area (Å²) >= 11 is 0. The minimum atomic E-state index is 0.798. The van der Waals surface area contributed by atoms with Crippen LogP contribution in [-0.2, 0) is 0 Å². The predicted octanol–water partition coefficient (Wildman–Crippen LogP) is 1.97. The fraction of sp³-hybridized carbons (Fsp3) is 0.182. The fourth-order valence-corrected chi connectivity index (χ4v) is 1.29. The fourth-order valence-electron chi connectivity index (χ4n) is 1.29. The topological polar surface area (TPSA) is 50.7 Å². The Morgan fingerprint density at radius 3 is 2.67 bits per heavy atom. The Kier molecular flexibility index (Phi) is 2.88. The quantitative estimate of drug-likeness (QED) is 0.823. The normalized spacial score (nSPS) is 9.93. The number of nitrogens with zero attached hydrogens (tertiary/aromatic N) is 3. The first-order valence-corrected chi connectivity index (χ1v) is 4.86. The predicted molar refractivity (Wildman–Crippen MR) is 59.4 cm³/mol. The molecule has 2 aromatic heterocycles. The van der Waals surface area contributed by atoms with Crippen molar-refractivity contribution in [1.82, 2.24) is 15.0 Å². The highest BCUT2D eigenvalue weighted by molar-refractivity contribution is 5.58. The van der Waals surface area contributed by atoms with Crippen molar-refractivity contribution in [2.24, 2.45) is 0 Å². The summed E-state index contributed by atoms with van der Waals surface area (Å²) in [5.74, 6) is 0.798. The average molecular weight is 200 g/mol. The Labute approximate surface area is 88.4 Å². The second-order valence-corrected chi connectivity index (χ2v) is 3.06. The van der Waals surface area contributed by atoms with Crippen molar-refractivity contribution in [2.75, 3.05) is 11.9 Å². The lowest BCUT2D eigenvalue weighted by Gasteiger charge is -2.04. The number of rotatable bonds is 3. The van der Waals surface area contributed by atoms with Crippen LogP contribution in [0.3, 0.4) is 0 Å². The molecule has 0 atom stereocenters. The number of pyridine rings is 1. The molecule has 0 saturated heterocycles. The summed E-state index contributed by atoms with van der Waals surface area (Å²) in [6, 6.07) is 3.83. The number of hydrogen-bond acceptors (Lipinski definition) is 4. The van der Waals surface area contributed by atoms with Crippen LogP contribution in [-0.4, -0.2) is 21.5 Å². The van der Waals surface area contributed by atoms with Gasteiger partial charge in [0, 0.05) is 24.5 Å². The molecule has 0 aliphatic rings. The summed E-state index contributed by atoms with van der Waals surface area (Å²) in [6.45, 7) is 2.87. The Hall–Kier alpha value is -1.97. The molecule has 0 saturated carbocycles. The van der Waals surface area contributed by atoms with Gasteiger partial charge in [0.1, 0.15) is 5.82 Å². The van der Waals surface area contributed by atoms with Crippen LogP contribution in [0.5, 0.6) is 0 Å². The van der Waals surface area contributed by atoms with Gasteiger partial charge in [0.25, 0.3) is 0 Å². The van der Waals surface area contributed by atoms with E-state index in [0.29, 0.717) is 0 Å². The minimum Gasteiger partial charge on any atom is -0.369 e. The van der Waals surface area contributed by atoms with Crippen molar-refractivity contribution >= 4 is 5.82 Å². The maximum atomic E-state index is 4.43. The molecule has 4 nitrogen and oxygen atoms in total. The van der Waals surface area contributed by atoms with Gasteiger partial charge in [0.2, 0.25) is 0 Å². The van der Waals surface area contributed by atoms with E-state index in [4.69, 9.17) is 0 Å². The zero-order valence-corrected chi connectivity index (χ0v) is 8.51. The molecule has 0 amide bonds. The zero-order valence-electron chi connectivity index (χ0n) is 8.51. The third-order valence-electron chi connectivity index (χ3n) is 1.97. The van der Waals surface area contributed by atoms with Crippen molar-refractivity contribution in [2.45, 2.75) is 6.92 Å². The molecule has 0 unspecified atom stereocenters. The van der Waals surface area contributed by atoms with E-state index in [1.54, 1.807) is 24.8 Å². The minimum absolute atomic E-state index is 0.798. The van der Waals surface area contributed by atoms with Gasteiger partial charge in [-0.05, 0) is 19.1 Å². The standard InChI is InChI=1S/C11H12N4/c1-2-14-11-8-13-7-10(15-11)9-3-5-12-6-4-9/h3-8H,2H2,1H3,(H,14,15). The van der Waals surface area contributed by atoms with E-state index in [1.165, 1.54) is 0 Å². The van der Waals surface area contributed by atoms with Gasteiger partial charge in [-0.1, -0.05) is 0 Å². The number of aromatic nitrogens is 3. The molecule has 0 aliphatic carbocycles. The van der Waals surface area contributed by atoms with Crippen molar-refractivity contribution in [3.8, 4) is 11.3 Å². The van der Waals surface area contributed by atoms with Crippen molar-refractivity contribution in [3.05, 3.63) is 36.9 Å². The second-order valence-electron chi connectivity index (χ2n) is 3.06. The highest BCUT2D eigenvalue weighted by atomic mass is 15.0. The van der Waals surface area contributed by atoms with E-state index in [-0.39, 0.29) is 0 Å². The third kappa shape index (κ3) is 2.28. The van der Waals surface area contributed by atoms with Crippen LogP contribution in [0.4, 0.5) is 5.82 Å². The number of nitrogens with one attached hydrogen (secondary N) is 1. The molecule has 0 spiro atoms. The molecule has 0 radical (unpaired) electrons. The maximum Gasteiger partial charge on any atom is 0.145 e. The van der Waals surface area contributed by atoms with E-state index in [2.05, 4.69) is 20.3 Å². The molecule has 0 aromatic carbocycles. The molecule has 2 aromatic rings. The highest BCUT2D eigenvalue weighted by Crippen LogP contribution is 2.15. The molecule has 0 bridgehead atoms. The summed E-state index contributed by atoms with van der Waals surface area (Å²) in [6.07, 6.45) is 6.96. The molecule has 4 heteroatoms. The smallest absolute Gasteiger partial charge is 0.145 e. The lowest BCUT2D eigenvalue weighted by atomic mass is 10.2. The molecular weight excluding hydrogens is 188 g/mol. The van der Waals surface area contributed by atoms with Crippen molar-refractivity contribution in [1.29, 1.82) is 0 Å². The number of hydrogen-bond donors (Lipinski definition) is 1. The second kappa shape index (κ2) is 4.50. The van der Waals surface area contributed by atoms with Gasteiger partial charge < -0.3 is 5.32 Å². The average Bonchev–Trinajstić information content (AvgIpc) is 2.31. The Morgan fingerprint density at radius 1 is 1.13 bits per heavy atom. The van der Waals surface area contributed by atoms with Gasteiger partial charge in [-0.3, -0.25) is 9.97 Å². The molecule has 0 fully saturated rings. The van der Waals surface area contributed by atoms with Crippen LogP contribution < -0.4 is 5.32 Å². The summed E-state index contributed by atoms with van der Waals surface area (Å²) < 4.78 is 0. The van der Waals surface area contributed by atoms with E-state index < -0.39 is 0 Å². The van der Waals surface area contributed by atoms with Crippen molar-refractivity contribution in [3.63, 3.8) is 0 Å². The Morgan fingerprint density at radius 2 is 1.93 bits per heavy atom. The van der Waals surface area contributed by atoms with E-state index in [9.17, 15) is 0 Å². The summed E-state index contributed by atoms with van der Waals surface area (Å²) in [5.41, 5.74) is 1.88. The van der Waals surface area contributed by atoms with Crippen molar-refractivity contribution < 1.29 is 0 Å². The van der Waals surface area contributed by atoms with Crippen LogP contribution in [0, 0.1) is 0 Å². The SMILES string of the molecule is CCNc1cncc(-c2ccncc2)n1.